The number of anilines is 1. The number of hydrogen-bond donors (Lipinski definition) is 2. The van der Waals surface area contributed by atoms with Crippen LogP contribution in [-0.2, 0) is 20.9 Å². The Labute approximate surface area is 272 Å². The van der Waals surface area contributed by atoms with Crippen molar-refractivity contribution < 1.29 is 41.7 Å². The van der Waals surface area contributed by atoms with Gasteiger partial charge in [-0.3, -0.25) is 0 Å². The summed E-state index contributed by atoms with van der Waals surface area (Å²) in [6, 6.07) is 13.8. The highest BCUT2D eigenvalue weighted by Crippen LogP contribution is 2.36. The lowest BCUT2D eigenvalue weighted by Crippen LogP contribution is -2.37. The molecule has 2 aromatic carbocycles. The number of esters is 1. The van der Waals surface area contributed by atoms with Crippen LogP contribution in [0.5, 0.6) is 17.4 Å². The van der Waals surface area contributed by atoms with Crippen LogP contribution >= 0.6 is 0 Å². The van der Waals surface area contributed by atoms with Crippen LogP contribution in [0.1, 0.15) is 71.9 Å². The van der Waals surface area contributed by atoms with E-state index < -0.39 is 58.5 Å². The van der Waals surface area contributed by atoms with E-state index in [-0.39, 0.29) is 36.6 Å². The molecule has 47 heavy (non-hydrogen) atoms. The summed E-state index contributed by atoms with van der Waals surface area (Å²) >= 11 is 0. The van der Waals surface area contributed by atoms with Crippen molar-refractivity contribution in [2.45, 2.75) is 84.7 Å². The van der Waals surface area contributed by atoms with Gasteiger partial charge in [0.25, 0.3) is 11.8 Å². The third-order valence-corrected chi connectivity index (χ3v) is 6.12. The number of hydrogen-bond acceptors (Lipinski definition) is 9. The molecule has 1 atom stereocenters. The fourth-order valence-corrected chi connectivity index (χ4v) is 4.08. The molecule has 0 aliphatic heterocycles. The van der Waals surface area contributed by atoms with Crippen LogP contribution < -0.4 is 20.1 Å². The van der Waals surface area contributed by atoms with Crippen LogP contribution in [0.4, 0.5) is 23.7 Å². The van der Waals surface area contributed by atoms with Crippen molar-refractivity contribution in [2.75, 3.05) is 11.9 Å². The molecule has 0 radical (unpaired) electrons. The van der Waals surface area contributed by atoms with Gasteiger partial charge in [0.15, 0.2) is 11.5 Å². The van der Waals surface area contributed by atoms with Crippen molar-refractivity contribution in [1.29, 1.82) is 5.26 Å². The summed E-state index contributed by atoms with van der Waals surface area (Å²) < 4.78 is 67.6. The molecule has 3 aromatic rings. The number of nitriles is 1. The number of amides is 1. The normalized spacial score (nSPS) is 12.0. The average Bonchev–Trinajstić information content (AvgIpc) is 2.98. The number of halogens is 3. The SMILES string of the molecule is CC(C)(C)OC(=O)NCCCCC(Nc1c(F)c(F)nc(Oc2cc(C#N)ccc2OCc2ccccc2)c1F)C(=O)OC(C)(C)C. The van der Waals surface area contributed by atoms with Gasteiger partial charge in [-0.05, 0) is 78.5 Å². The molecule has 0 saturated heterocycles. The van der Waals surface area contributed by atoms with E-state index in [4.69, 9.17) is 18.9 Å². The number of carbonyl (C=O) groups excluding carboxylic acids is 2. The monoisotopic (exact) mass is 656 g/mol. The molecule has 3 rings (SSSR count). The zero-order valence-electron chi connectivity index (χ0n) is 27.2. The second-order valence-corrected chi connectivity index (χ2v) is 12.5. The van der Waals surface area contributed by atoms with E-state index in [9.17, 15) is 19.2 Å². The van der Waals surface area contributed by atoms with E-state index in [1.807, 2.05) is 36.4 Å². The topological polar surface area (TPSA) is 132 Å². The lowest BCUT2D eigenvalue weighted by atomic mass is 10.1. The summed E-state index contributed by atoms with van der Waals surface area (Å²) in [5.41, 5.74) is -1.69. The van der Waals surface area contributed by atoms with Crippen LogP contribution in [-0.4, -0.2) is 40.8 Å². The van der Waals surface area contributed by atoms with Crippen LogP contribution in [0.2, 0.25) is 0 Å². The van der Waals surface area contributed by atoms with Crippen LogP contribution in [0.15, 0.2) is 48.5 Å². The number of alkyl carbamates (subject to hydrolysis) is 1. The van der Waals surface area contributed by atoms with Crippen LogP contribution in [0.3, 0.4) is 0 Å². The standard InChI is InChI=1S/C34H39F3N4O6/c1-33(2,3)46-31(42)23(14-10-11-17-39-32(43)47-34(4,5)6)40-28-26(35)29(37)41-30(27(28)36)45-25-18-22(19-38)15-16-24(25)44-20-21-12-8-7-9-13-21/h7-9,12-13,15-16,18,23H,10-11,14,17,20H2,1-6H3,(H,39,43)(H,40,41). The van der Waals surface area contributed by atoms with Crippen LogP contribution in [0, 0.1) is 28.9 Å². The van der Waals surface area contributed by atoms with Crippen molar-refractivity contribution in [3.8, 4) is 23.4 Å². The van der Waals surface area contributed by atoms with Crippen molar-refractivity contribution in [2.24, 2.45) is 0 Å². The van der Waals surface area contributed by atoms with Gasteiger partial charge in [0.05, 0.1) is 11.6 Å². The molecule has 1 unspecified atom stereocenters. The third-order valence-electron chi connectivity index (χ3n) is 6.12. The zero-order valence-corrected chi connectivity index (χ0v) is 27.2. The highest BCUT2D eigenvalue weighted by Gasteiger charge is 2.30. The van der Waals surface area contributed by atoms with Gasteiger partial charge < -0.3 is 29.6 Å². The van der Waals surface area contributed by atoms with E-state index in [0.29, 0.717) is 12.8 Å². The van der Waals surface area contributed by atoms with Crippen molar-refractivity contribution in [3.05, 3.63) is 77.2 Å². The van der Waals surface area contributed by atoms with E-state index >= 15 is 8.78 Å². The Hall–Kier alpha value is -4.99. The van der Waals surface area contributed by atoms with Crippen molar-refractivity contribution in [3.63, 3.8) is 0 Å². The summed E-state index contributed by atoms with van der Waals surface area (Å²) in [7, 11) is 0. The van der Waals surface area contributed by atoms with Gasteiger partial charge in [-0.15, -0.1) is 0 Å². The molecule has 0 aliphatic carbocycles. The molecule has 0 saturated carbocycles. The number of rotatable bonds is 13. The maximum atomic E-state index is 15.8. The predicted molar refractivity (Wildman–Crippen MR) is 167 cm³/mol. The molecule has 1 heterocycles. The average molecular weight is 657 g/mol. The number of benzene rings is 2. The first-order valence-electron chi connectivity index (χ1n) is 15.0. The fraction of sp³-hybridized carbons (Fsp3) is 0.412. The second kappa shape index (κ2) is 16.0. The first kappa shape index (κ1) is 36.5. The molecule has 252 valence electrons. The van der Waals surface area contributed by atoms with Gasteiger partial charge in [0.2, 0.25) is 11.6 Å². The van der Waals surface area contributed by atoms with Gasteiger partial charge in [-0.2, -0.15) is 23.4 Å². The minimum absolute atomic E-state index is 0.00557. The lowest BCUT2D eigenvalue weighted by Gasteiger charge is -2.25. The van der Waals surface area contributed by atoms with E-state index in [1.165, 1.54) is 18.2 Å². The number of unbranched alkanes of at least 4 members (excludes halogenated alkanes) is 1. The molecule has 0 fully saturated rings. The number of nitrogens with one attached hydrogen (secondary N) is 2. The Kier molecular flexibility index (Phi) is 12.4. The quantitative estimate of drug-likeness (QED) is 0.109. The Morgan fingerprint density at radius 3 is 2.23 bits per heavy atom. The fourth-order valence-electron chi connectivity index (χ4n) is 4.08. The summed E-state index contributed by atoms with van der Waals surface area (Å²) in [5.74, 6) is -6.70. The molecule has 1 amide bonds. The minimum atomic E-state index is -1.70. The first-order valence-corrected chi connectivity index (χ1v) is 15.0. The zero-order chi connectivity index (χ0) is 34.8. The van der Waals surface area contributed by atoms with Crippen LogP contribution in [0.25, 0.3) is 0 Å². The Morgan fingerprint density at radius 2 is 1.60 bits per heavy atom. The summed E-state index contributed by atoms with van der Waals surface area (Å²) in [4.78, 5) is 28.3. The Bertz CT molecular complexity index is 1580. The molecular weight excluding hydrogens is 617 g/mol. The van der Waals surface area contributed by atoms with Gasteiger partial charge in [-0.1, -0.05) is 30.3 Å². The number of pyridine rings is 1. The molecule has 0 bridgehead atoms. The third kappa shape index (κ3) is 11.7. The largest absolute Gasteiger partial charge is 0.485 e. The maximum absolute atomic E-state index is 15.8. The maximum Gasteiger partial charge on any atom is 0.407 e. The molecule has 2 N–H and O–H groups in total. The summed E-state index contributed by atoms with van der Waals surface area (Å²) in [6.45, 7) is 10.3. The summed E-state index contributed by atoms with van der Waals surface area (Å²) in [6.07, 6.45) is 0.0736. The predicted octanol–water partition coefficient (Wildman–Crippen LogP) is 7.56. The number of nitrogens with zero attached hydrogens (tertiary/aromatic N) is 2. The Morgan fingerprint density at radius 1 is 0.915 bits per heavy atom. The van der Waals surface area contributed by atoms with Gasteiger partial charge in [0, 0.05) is 12.6 Å². The lowest BCUT2D eigenvalue weighted by molar-refractivity contribution is -0.156. The second-order valence-electron chi connectivity index (χ2n) is 12.5. The van der Waals surface area contributed by atoms with Crippen molar-refractivity contribution in [1.82, 2.24) is 10.3 Å². The van der Waals surface area contributed by atoms with Crippen molar-refractivity contribution >= 4 is 17.7 Å². The smallest absolute Gasteiger partial charge is 0.407 e. The molecule has 13 heteroatoms. The highest BCUT2D eigenvalue weighted by atomic mass is 19.2. The minimum Gasteiger partial charge on any atom is -0.485 e. The van der Waals surface area contributed by atoms with E-state index in [2.05, 4.69) is 15.6 Å². The van der Waals surface area contributed by atoms with E-state index in [0.717, 1.165) is 5.56 Å². The molecular formula is C34H39F3N4O6. The summed E-state index contributed by atoms with van der Waals surface area (Å²) in [5, 5.41) is 14.4. The van der Waals surface area contributed by atoms with Gasteiger partial charge >= 0.3 is 12.1 Å². The van der Waals surface area contributed by atoms with Gasteiger partial charge in [0.1, 0.15) is 29.5 Å². The Balaban J connectivity index is 1.84. The van der Waals surface area contributed by atoms with E-state index in [1.54, 1.807) is 41.5 Å². The van der Waals surface area contributed by atoms with Gasteiger partial charge in [-0.25, -0.2) is 9.59 Å². The highest BCUT2D eigenvalue weighted by molar-refractivity contribution is 5.80. The number of carbonyl (C=O) groups is 2. The molecule has 1 aromatic heterocycles. The molecule has 0 aliphatic rings. The first-order chi connectivity index (χ1) is 22.1. The number of aromatic nitrogens is 1. The molecule has 0 spiro atoms. The number of ether oxygens (including phenoxy) is 4. The molecule has 10 nitrogen and oxygen atoms in total.